The normalized spacial score (nSPS) is 13.2. The van der Waals surface area contributed by atoms with Gasteiger partial charge in [0.2, 0.25) is 0 Å². The number of imidazole rings is 1. The number of aromatic nitrogens is 3. The molecule has 4 heteroatoms. The quantitative estimate of drug-likeness (QED) is 0.168. The smallest absolute Gasteiger partial charge is 0.145 e. The van der Waals surface area contributed by atoms with Crippen LogP contribution < -0.4 is 0 Å². The first-order chi connectivity index (χ1) is 28.0. The third kappa shape index (κ3) is 4.71. The zero-order valence-corrected chi connectivity index (χ0v) is 32.3. The maximum absolute atomic E-state index is 5.51. The number of benzene rings is 8. The van der Waals surface area contributed by atoms with Gasteiger partial charge in [0.25, 0.3) is 0 Å². The fourth-order valence-corrected chi connectivity index (χ4v) is 10.7. The maximum atomic E-state index is 5.51. The lowest BCUT2D eigenvalue weighted by molar-refractivity contribution is 0.660. The zero-order chi connectivity index (χ0) is 37.8. The molecule has 1 aliphatic carbocycles. The van der Waals surface area contributed by atoms with E-state index in [4.69, 9.17) is 9.97 Å². The van der Waals surface area contributed by atoms with Crippen LogP contribution in [0.1, 0.15) is 25.0 Å². The molecule has 0 saturated carbocycles. The van der Waals surface area contributed by atoms with Gasteiger partial charge in [-0.1, -0.05) is 141 Å². The molecule has 0 fully saturated rings. The Morgan fingerprint density at radius 3 is 2.00 bits per heavy atom. The van der Waals surface area contributed by atoms with E-state index in [0.29, 0.717) is 0 Å². The number of pyridine rings is 1. The van der Waals surface area contributed by atoms with Gasteiger partial charge in [-0.05, 0) is 76.3 Å². The lowest BCUT2D eigenvalue weighted by Crippen LogP contribution is -2.14. The van der Waals surface area contributed by atoms with Crippen LogP contribution in [-0.2, 0) is 5.41 Å². The maximum Gasteiger partial charge on any atom is 0.145 e. The predicted octanol–water partition coefficient (Wildman–Crippen LogP) is 14.4. The van der Waals surface area contributed by atoms with E-state index in [2.05, 4.69) is 194 Å². The first-order valence-electron chi connectivity index (χ1n) is 19.6. The molecule has 0 bridgehead atoms. The molecule has 0 unspecified atom stereocenters. The molecule has 11 aromatic rings. The van der Waals surface area contributed by atoms with E-state index in [0.717, 1.165) is 44.9 Å². The number of hydrogen-bond acceptors (Lipinski definition) is 3. The van der Waals surface area contributed by atoms with E-state index in [9.17, 15) is 0 Å². The Labute approximate surface area is 334 Å². The lowest BCUT2D eigenvalue weighted by Gasteiger charge is -2.22. The Bertz CT molecular complexity index is 3420. The topological polar surface area (TPSA) is 30.7 Å². The van der Waals surface area contributed by atoms with Crippen molar-refractivity contribution in [1.29, 1.82) is 0 Å². The van der Waals surface area contributed by atoms with Gasteiger partial charge in [-0.15, -0.1) is 11.3 Å². The minimum absolute atomic E-state index is 0.112. The second-order valence-electron chi connectivity index (χ2n) is 15.7. The Morgan fingerprint density at radius 1 is 0.474 bits per heavy atom. The van der Waals surface area contributed by atoms with Crippen molar-refractivity contribution in [3.8, 4) is 50.6 Å². The molecule has 0 saturated heterocycles. The summed E-state index contributed by atoms with van der Waals surface area (Å²) in [6, 6.07) is 63.8. The summed E-state index contributed by atoms with van der Waals surface area (Å²) in [4.78, 5) is 10.7. The number of hydrogen-bond donors (Lipinski definition) is 0. The molecule has 0 radical (unpaired) electrons. The Balaban J connectivity index is 1.11. The van der Waals surface area contributed by atoms with Crippen molar-refractivity contribution in [2.24, 2.45) is 0 Å². The Kier molecular flexibility index (Phi) is 6.85. The highest BCUT2D eigenvalue weighted by molar-refractivity contribution is 7.26. The molecule has 0 amide bonds. The van der Waals surface area contributed by atoms with Gasteiger partial charge >= 0.3 is 0 Å². The minimum Gasteiger partial charge on any atom is -0.292 e. The molecule has 0 N–H and O–H groups in total. The van der Waals surface area contributed by atoms with Gasteiger partial charge in [0.05, 0.1) is 22.2 Å². The van der Waals surface area contributed by atoms with Gasteiger partial charge in [-0.3, -0.25) is 4.57 Å². The van der Waals surface area contributed by atoms with Crippen molar-refractivity contribution in [2.75, 3.05) is 0 Å². The average molecular weight is 746 g/mol. The summed E-state index contributed by atoms with van der Waals surface area (Å²) in [6.45, 7) is 4.70. The third-order valence-electron chi connectivity index (χ3n) is 12.2. The molecule has 8 aromatic carbocycles. The van der Waals surface area contributed by atoms with Crippen molar-refractivity contribution in [2.45, 2.75) is 19.3 Å². The van der Waals surface area contributed by atoms with Gasteiger partial charge in [0, 0.05) is 64.1 Å². The molecule has 57 heavy (non-hydrogen) atoms. The second-order valence-corrected chi connectivity index (χ2v) is 16.8. The molecule has 0 spiro atoms. The molecule has 268 valence electrons. The van der Waals surface area contributed by atoms with Crippen LogP contribution in [0.4, 0.5) is 0 Å². The highest BCUT2D eigenvalue weighted by atomic mass is 32.1. The lowest BCUT2D eigenvalue weighted by atomic mass is 9.81. The van der Waals surface area contributed by atoms with E-state index in [-0.39, 0.29) is 5.41 Å². The van der Waals surface area contributed by atoms with E-state index in [1.54, 1.807) is 0 Å². The molecule has 3 nitrogen and oxygen atoms in total. The van der Waals surface area contributed by atoms with Gasteiger partial charge in [-0.2, -0.15) is 0 Å². The van der Waals surface area contributed by atoms with Crippen LogP contribution in [0, 0.1) is 0 Å². The summed E-state index contributed by atoms with van der Waals surface area (Å²) >= 11 is 1.88. The minimum atomic E-state index is -0.112. The van der Waals surface area contributed by atoms with E-state index in [1.165, 1.54) is 69.7 Å². The summed E-state index contributed by atoms with van der Waals surface area (Å²) in [5.74, 6) is 0.930. The van der Waals surface area contributed by atoms with Crippen molar-refractivity contribution in [3.63, 3.8) is 0 Å². The van der Waals surface area contributed by atoms with Crippen molar-refractivity contribution in [3.05, 3.63) is 187 Å². The van der Waals surface area contributed by atoms with Crippen molar-refractivity contribution < 1.29 is 0 Å². The van der Waals surface area contributed by atoms with Crippen LogP contribution in [0.15, 0.2) is 176 Å². The molecule has 0 aliphatic heterocycles. The number of rotatable bonds is 4. The van der Waals surface area contributed by atoms with Gasteiger partial charge in [0.1, 0.15) is 5.82 Å². The molecular weight excluding hydrogens is 711 g/mol. The van der Waals surface area contributed by atoms with Crippen LogP contribution in [0.2, 0.25) is 0 Å². The van der Waals surface area contributed by atoms with Gasteiger partial charge < -0.3 is 0 Å². The van der Waals surface area contributed by atoms with Crippen LogP contribution in [0.3, 0.4) is 0 Å². The summed E-state index contributed by atoms with van der Waals surface area (Å²) in [5.41, 5.74) is 15.1. The predicted molar refractivity (Wildman–Crippen MR) is 241 cm³/mol. The summed E-state index contributed by atoms with van der Waals surface area (Å²) in [7, 11) is 0. The summed E-state index contributed by atoms with van der Waals surface area (Å²) in [6.07, 6.45) is 0. The first-order valence-corrected chi connectivity index (χ1v) is 20.4. The van der Waals surface area contributed by atoms with Crippen LogP contribution in [-0.4, -0.2) is 14.5 Å². The highest BCUT2D eigenvalue weighted by Gasteiger charge is 2.35. The summed E-state index contributed by atoms with van der Waals surface area (Å²) in [5, 5.41) is 6.20. The van der Waals surface area contributed by atoms with E-state index < -0.39 is 0 Å². The number of thiophene rings is 1. The Morgan fingerprint density at radius 2 is 1.14 bits per heavy atom. The number of nitrogens with zero attached hydrogens (tertiary/aromatic N) is 3. The average Bonchev–Trinajstić information content (AvgIpc) is 3.92. The zero-order valence-electron chi connectivity index (χ0n) is 31.5. The van der Waals surface area contributed by atoms with Crippen LogP contribution in [0.25, 0.3) is 103 Å². The van der Waals surface area contributed by atoms with Crippen molar-refractivity contribution in [1.82, 2.24) is 14.5 Å². The first kappa shape index (κ1) is 32.4. The molecule has 3 heterocycles. The largest absolute Gasteiger partial charge is 0.292 e. The number of para-hydroxylation sites is 4. The van der Waals surface area contributed by atoms with Crippen molar-refractivity contribution >= 4 is 64.2 Å². The molecular formula is C53H35N3S. The molecule has 12 rings (SSSR count). The van der Waals surface area contributed by atoms with Crippen LogP contribution >= 0.6 is 11.3 Å². The molecule has 3 aromatic heterocycles. The van der Waals surface area contributed by atoms with Crippen LogP contribution in [0.5, 0.6) is 0 Å². The summed E-state index contributed by atoms with van der Waals surface area (Å²) < 4.78 is 4.85. The third-order valence-corrected chi connectivity index (χ3v) is 13.4. The fourth-order valence-electron chi connectivity index (χ4n) is 9.47. The second kappa shape index (κ2) is 12.1. The van der Waals surface area contributed by atoms with Gasteiger partial charge in [0.15, 0.2) is 0 Å². The van der Waals surface area contributed by atoms with Gasteiger partial charge in [-0.25, -0.2) is 9.97 Å². The van der Waals surface area contributed by atoms with E-state index >= 15 is 0 Å². The molecule has 1 aliphatic rings. The standard InChI is InChI=1S/C53H35N3S/c1-53(2)42-19-9-6-16-36(42)37-29-28-34(30-43(37)53)50-41-31-40(51-49(39-18-8-13-23-47(39)57-51)48(41)38-17-7-10-20-44(38)54-50)32-24-26-33(27-25-32)52-55-45-21-11-12-22-46(45)56(52)35-14-4-3-5-15-35/h3-31H,1-2H3. The highest BCUT2D eigenvalue weighted by Crippen LogP contribution is 2.51. The molecule has 0 atom stereocenters. The Hall–Kier alpha value is -6.88. The SMILES string of the molecule is CC1(C)c2ccccc2-c2ccc(-c3nc4ccccc4c4c3cc(-c3ccc(-c5nc6ccccc6n5-c5ccccc5)cc3)c3sc5ccccc5c34)cc21. The number of fused-ring (bicyclic) bond motifs is 11. The monoisotopic (exact) mass is 745 g/mol. The van der Waals surface area contributed by atoms with E-state index in [1.807, 2.05) is 11.3 Å². The fraction of sp³-hybridized carbons (Fsp3) is 0.0566.